The molecule has 0 aliphatic heterocycles. The summed E-state index contributed by atoms with van der Waals surface area (Å²) in [4.78, 5) is 25.4. The third kappa shape index (κ3) is 5.66. The van der Waals surface area contributed by atoms with Gasteiger partial charge in [0.2, 0.25) is 0 Å². The first-order valence-electron chi connectivity index (χ1n) is 13.9. The van der Waals surface area contributed by atoms with Crippen molar-refractivity contribution in [1.29, 1.82) is 0 Å². The van der Waals surface area contributed by atoms with Crippen LogP contribution in [0.1, 0.15) is 59.7 Å². The molecule has 0 aliphatic carbocycles. The quantitative estimate of drug-likeness (QED) is 0.193. The van der Waals surface area contributed by atoms with Gasteiger partial charge >= 0.3 is 11.9 Å². The molecule has 0 aliphatic rings. The summed E-state index contributed by atoms with van der Waals surface area (Å²) in [6, 6.07) is 32.2. The smallest absolute Gasteiger partial charge is 0.355 e. The lowest BCUT2D eigenvalue weighted by atomic mass is 9.86. The number of para-hydroxylation sites is 1. The van der Waals surface area contributed by atoms with Crippen LogP contribution < -0.4 is 0 Å². The highest BCUT2D eigenvalue weighted by atomic mass is 16.5. The molecule has 5 rings (SSSR count). The average Bonchev–Trinajstić information content (AvgIpc) is 3.30. The topological polar surface area (TPSA) is 57.5 Å². The molecule has 0 atom stereocenters. The molecular formula is C36H35NO4. The number of carbonyl (C=O) groups excluding carboxylic acids is 2. The highest BCUT2D eigenvalue weighted by molar-refractivity contribution is 6.08. The van der Waals surface area contributed by atoms with E-state index in [1.54, 1.807) is 12.1 Å². The minimum absolute atomic E-state index is 0.0289. The van der Waals surface area contributed by atoms with Crippen molar-refractivity contribution in [3.05, 3.63) is 119 Å². The van der Waals surface area contributed by atoms with E-state index in [2.05, 4.69) is 73.9 Å². The van der Waals surface area contributed by atoms with Crippen molar-refractivity contribution in [2.75, 3.05) is 13.7 Å². The molecule has 4 aromatic carbocycles. The van der Waals surface area contributed by atoms with Crippen LogP contribution in [0.15, 0.2) is 97.1 Å². The van der Waals surface area contributed by atoms with Crippen LogP contribution >= 0.6 is 0 Å². The van der Waals surface area contributed by atoms with Gasteiger partial charge in [0.05, 0.1) is 19.3 Å². The molecule has 0 saturated heterocycles. The molecule has 0 spiro atoms. The summed E-state index contributed by atoms with van der Waals surface area (Å²) >= 11 is 0. The van der Waals surface area contributed by atoms with Crippen LogP contribution in [0, 0.1) is 0 Å². The van der Waals surface area contributed by atoms with E-state index in [-0.39, 0.29) is 17.4 Å². The molecular weight excluding hydrogens is 510 g/mol. The zero-order chi connectivity index (χ0) is 29.1. The van der Waals surface area contributed by atoms with Gasteiger partial charge in [-0.3, -0.25) is 0 Å². The molecule has 0 N–H and O–H groups in total. The van der Waals surface area contributed by atoms with Crippen molar-refractivity contribution in [3.8, 4) is 22.3 Å². The maximum atomic E-state index is 13.6. The maximum absolute atomic E-state index is 13.6. The number of carbonyl (C=O) groups is 2. The Hall–Kier alpha value is -4.64. The number of rotatable bonds is 7. The largest absolute Gasteiger partial charge is 0.465 e. The van der Waals surface area contributed by atoms with Crippen molar-refractivity contribution in [2.45, 2.75) is 39.7 Å². The summed E-state index contributed by atoms with van der Waals surface area (Å²) in [5, 5.41) is 1.01. The molecule has 208 valence electrons. The summed E-state index contributed by atoms with van der Waals surface area (Å²) in [5.41, 5.74) is 8.20. The fourth-order valence-electron chi connectivity index (χ4n) is 5.26. The minimum atomic E-state index is -0.361. The Bertz CT molecular complexity index is 1700. The molecule has 0 saturated carbocycles. The third-order valence-corrected chi connectivity index (χ3v) is 7.39. The number of fused-ring (bicyclic) bond motifs is 1. The number of ether oxygens (including phenoxy) is 2. The monoisotopic (exact) mass is 545 g/mol. The van der Waals surface area contributed by atoms with Crippen LogP contribution in [0.2, 0.25) is 0 Å². The number of hydrogen-bond donors (Lipinski definition) is 0. The molecule has 0 amide bonds. The van der Waals surface area contributed by atoms with Crippen molar-refractivity contribution in [2.24, 2.45) is 0 Å². The number of hydrogen-bond acceptors (Lipinski definition) is 4. The van der Waals surface area contributed by atoms with Crippen molar-refractivity contribution in [3.63, 3.8) is 0 Å². The molecule has 41 heavy (non-hydrogen) atoms. The Morgan fingerprint density at radius 1 is 0.756 bits per heavy atom. The van der Waals surface area contributed by atoms with E-state index in [1.807, 2.05) is 43.3 Å². The fraction of sp³-hybridized carbons (Fsp3) is 0.222. The van der Waals surface area contributed by atoms with Crippen LogP contribution in [0.4, 0.5) is 0 Å². The van der Waals surface area contributed by atoms with Crippen LogP contribution in [0.5, 0.6) is 0 Å². The van der Waals surface area contributed by atoms with Crippen molar-refractivity contribution < 1.29 is 19.1 Å². The molecule has 0 radical (unpaired) electrons. The van der Waals surface area contributed by atoms with Crippen molar-refractivity contribution in [1.82, 2.24) is 4.57 Å². The fourth-order valence-corrected chi connectivity index (χ4v) is 5.26. The second-order valence-corrected chi connectivity index (χ2v) is 11.1. The Morgan fingerprint density at radius 2 is 1.44 bits per heavy atom. The minimum Gasteiger partial charge on any atom is -0.465 e. The normalized spacial score (nSPS) is 11.4. The molecule has 0 bridgehead atoms. The SMILES string of the molecule is CCOC(=O)c1c(-c2ccc(C(C)(C)C)cc2)c2ccccc2n1Cc1cccc(-c2ccc(C(=O)OC)cc2)c1. The Labute approximate surface area is 241 Å². The van der Waals surface area contributed by atoms with E-state index in [1.165, 1.54) is 12.7 Å². The van der Waals surface area contributed by atoms with Gasteiger partial charge in [-0.2, -0.15) is 0 Å². The first-order chi connectivity index (χ1) is 19.7. The Morgan fingerprint density at radius 3 is 2.10 bits per heavy atom. The molecule has 5 heteroatoms. The highest BCUT2D eigenvalue weighted by Gasteiger charge is 2.25. The average molecular weight is 546 g/mol. The predicted molar refractivity (Wildman–Crippen MR) is 164 cm³/mol. The predicted octanol–water partition coefficient (Wildman–Crippen LogP) is 8.28. The van der Waals surface area contributed by atoms with Crippen LogP contribution in [0.25, 0.3) is 33.2 Å². The number of esters is 2. The second-order valence-electron chi connectivity index (χ2n) is 11.1. The molecule has 5 aromatic rings. The Kier molecular flexibility index (Phi) is 7.80. The molecule has 5 nitrogen and oxygen atoms in total. The molecule has 1 heterocycles. The molecule has 0 fully saturated rings. The summed E-state index contributed by atoms with van der Waals surface area (Å²) in [6.45, 7) is 9.19. The van der Waals surface area contributed by atoms with E-state index in [0.29, 0.717) is 24.4 Å². The molecule has 1 aromatic heterocycles. The number of benzene rings is 4. The van der Waals surface area contributed by atoms with E-state index in [0.717, 1.165) is 38.7 Å². The number of aromatic nitrogens is 1. The standard InChI is InChI=1S/C36H35NO4/c1-6-41-35(39)33-32(26-18-20-29(21-19-26)36(2,3)4)30-12-7-8-13-31(30)37(33)23-24-10-9-11-28(22-24)25-14-16-27(17-15-25)34(38)40-5/h7-22H,6,23H2,1-5H3. The molecule has 0 unspecified atom stereocenters. The first-order valence-corrected chi connectivity index (χ1v) is 13.9. The van der Waals surface area contributed by atoms with Crippen LogP contribution in [0.3, 0.4) is 0 Å². The zero-order valence-electron chi connectivity index (χ0n) is 24.2. The van der Waals surface area contributed by atoms with Gasteiger partial charge in [0.15, 0.2) is 0 Å². The lowest BCUT2D eigenvalue weighted by Crippen LogP contribution is -2.14. The number of nitrogens with zero attached hydrogens (tertiary/aromatic N) is 1. The van der Waals surface area contributed by atoms with Crippen LogP contribution in [-0.4, -0.2) is 30.2 Å². The van der Waals surface area contributed by atoms with Gasteiger partial charge in [-0.1, -0.05) is 93.6 Å². The Balaban J connectivity index is 1.61. The van der Waals surface area contributed by atoms with E-state index < -0.39 is 0 Å². The summed E-state index contributed by atoms with van der Waals surface area (Å²) < 4.78 is 12.5. The van der Waals surface area contributed by atoms with Gasteiger partial charge in [0.1, 0.15) is 5.69 Å². The zero-order valence-corrected chi connectivity index (χ0v) is 24.2. The maximum Gasteiger partial charge on any atom is 0.355 e. The van der Waals surface area contributed by atoms with Gasteiger partial charge in [-0.15, -0.1) is 0 Å². The summed E-state index contributed by atoms with van der Waals surface area (Å²) in [5.74, 6) is -0.701. The third-order valence-electron chi connectivity index (χ3n) is 7.39. The van der Waals surface area contributed by atoms with Gasteiger partial charge in [-0.05, 0) is 64.4 Å². The van der Waals surface area contributed by atoms with Gasteiger partial charge in [0.25, 0.3) is 0 Å². The summed E-state index contributed by atoms with van der Waals surface area (Å²) in [6.07, 6.45) is 0. The van der Waals surface area contributed by atoms with Crippen LogP contribution in [-0.2, 0) is 21.4 Å². The number of methoxy groups -OCH3 is 1. The van der Waals surface area contributed by atoms with E-state index in [9.17, 15) is 9.59 Å². The van der Waals surface area contributed by atoms with Gasteiger partial charge < -0.3 is 14.0 Å². The van der Waals surface area contributed by atoms with E-state index in [4.69, 9.17) is 9.47 Å². The van der Waals surface area contributed by atoms with Gasteiger partial charge in [0, 0.05) is 23.0 Å². The lowest BCUT2D eigenvalue weighted by molar-refractivity contribution is 0.0515. The highest BCUT2D eigenvalue weighted by Crippen LogP contribution is 2.37. The van der Waals surface area contributed by atoms with E-state index >= 15 is 0 Å². The second kappa shape index (κ2) is 11.5. The van der Waals surface area contributed by atoms with Crippen molar-refractivity contribution >= 4 is 22.8 Å². The first kappa shape index (κ1) is 27.9. The summed E-state index contributed by atoms with van der Waals surface area (Å²) in [7, 11) is 1.38. The lowest BCUT2D eigenvalue weighted by Gasteiger charge is -2.19. The van der Waals surface area contributed by atoms with Gasteiger partial charge in [-0.25, -0.2) is 9.59 Å².